The van der Waals surface area contributed by atoms with Gasteiger partial charge < -0.3 is 14.3 Å². The van der Waals surface area contributed by atoms with Gasteiger partial charge in [-0.15, -0.1) is 0 Å². The molecule has 0 fully saturated rings. The fourth-order valence-electron chi connectivity index (χ4n) is 3.47. The maximum atomic E-state index is 13.7. The number of anilines is 1. The number of ether oxygens (including phenoxy) is 1. The number of carbonyl (C=O) groups excluding carboxylic acids is 2. The molecular weight excluding hydrogens is 413 g/mol. The molecule has 0 spiro atoms. The molecular formula is C22H15ClFNO5. The Kier molecular flexibility index (Phi) is 5.05. The van der Waals surface area contributed by atoms with Crippen molar-refractivity contribution in [1.29, 1.82) is 0 Å². The molecule has 8 heteroatoms. The standard InChI is InChI=1S/C22H15ClFNO5/c1-29-16-6-3-2-5-13(16)19-18(20(26)17-7-4-10-30-17)21(27)22(28)25(19)12-8-9-15(24)14(23)11-12/h2-11,19,27H,1H3. The zero-order valence-electron chi connectivity index (χ0n) is 15.6. The fourth-order valence-corrected chi connectivity index (χ4v) is 3.64. The molecule has 30 heavy (non-hydrogen) atoms. The lowest BCUT2D eigenvalue weighted by atomic mass is 9.94. The SMILES string of the molecule is COc1ccccc1C1C(C(=O)c2ccco2)=C(O)C(=O)N1c1ccc(F)c(Cl)c1. The second kappa shape index (κ2) is 7.68. The normalized spacial score (nSPS) is 16.3. The summed E-state index contributed by atoms with van der Waals surface area (Å²) in [6.45, 7) is 0. The van der Waals surface area contributed by atoms with E-state index in [1.54, 1.807) is 24.3 Å². The number of Topliss-reactive ketones (excluding diaryl/α,β-unsaturated/α-hetero) is 1. The van der Waals surface area contributed by atoms with E-state index in [4.69, 9.17) is 20.8 Å². The summed E-state index contributed by atoms with van der Waals surface area (Å²) in [7, 11) is 1.45. The summed E-state index contributed by atoms with van der Waals surface area (Å²) in [5, 5.41) is 10.5. The first-order chi connectivity index (χ1) is 14.4. The number of rotatable bonds is 5. The summed E-state index contributed by atoms with van der Waals surface area (Å²) in [5.74, 6) is -2.52. The van der Waals surface area contributed by atoms with Gasteiger partial charge in [-0.05, 0) is 36.4 Å². The number of ketones is 1. The Bertz CT molecular complexity index is 1170. The lowest BCUT2D eigenvalue weighted by Gasteiger charge is -2.28. The Balaban J connectivity index is 1.93. The number of halogens is 2. The van der Waals surface area contributed by atoms with E-state index in [2.05, 4.69) is 0 Å². The first-order valence-corrected chi connectivity index (χ1v) is 9.24. The third-order valence-corrected chi connectivity index (χ3v) is 5.10. The fraction of sp³-hybridized carbons (Fsp3) is 0.0909. The van der Waals surface area contributed by atoms with Gasteiger partial charge in [0.05, 0.1) is 30.0 Å². The summed E-state index contributed by atoms with van der Waals surface area (Å²) >= 11 is 5.91. The largest absolute Gasteiger partial charge is 0.503 e. The van der Waals surface area contributed by atoms with Crippen molar-refractivity contribution in [2.24, 2.45) is 0 Å². The quantitative estimate of drug-likeness (QED) is 0.588. The van der Waals surface area contributed by atoms with Crippen molar-refractivity contribution in [1.82, 2.24) is 0 Å². The van der Waals surface area contributed by atoms with Crippen molar-refractivity contribution in [3.8, 4) is 5.75 Å². The monoisotopic (exact) mass is 427 g/mol. The number of methoxy groups -OCH3 is 1. The number of carbonyl (C=O) groups is 2. The van der Waals surface area contributed by atoms with Crippen molar-refractivity contribution in [2.45, 2.75) is 6.04 Å². The molecule has 4 rings (SSSR count). The van der Waals surface area contributed by atoms with Gasteiger partial charge in [0.25, 0.3) is 5.91 Å². The molecule has 1 aromatic heterocycles. The molecule has 2 heterocycles. The average molecular weight is 428 g/mol. The minimum absolute atomic E-state index is 0.0387. The van der Waals surface area contributed by atoms with Gasteiger partial charge in [0.15, 0.2) is 11.5 Å². The van der Waals surface area contributed by atoms with Crippen LogP contribution < -0.4 is 9.64 Å². The lowest BCUT2D eigenvalue weighted by Crippen LogP contribution is -2.31. The molecule has 0 aliphatic carbocycles. The summed E-state index contributed by atoms with van der Waals surface area (Å²) in [6.07, 6.45) is 1.32. The summed E-state index contributed by atoms with van der Waals surface area (Å²) in [5.41, 5.74) is 0.476. The number of para-hydroxylation sites is 1. The van der Waals surface area contributed by atoms with E-state index in [-0.39, 0.29) is 22.0 Å². The molecule has 3 aromatic rings. The maximum Gasteiger partial charge on any atom is 0.294 e. The van der Waals surface area contributed by atoms with Gasteiger partial charge in [0.1, 0.15) is 11.6 Å². The Hall–Kier alpha value is -3.58. The smallest absolute Gasteiger partial charge is 0.294 e. The zero-order chi connectivity index (χ0) is 21.4. The Morgan fingerprint density at radius 1 is 1.20 bits per heavy atom. The van der Waals surface area contributed by atoms with Gasteiger partial charge in [-0.25, -0.2) is 4.39 Å². The van der Waals surface area contributed by atoms with E-state index in [1.165, 1.54) is 42.5 Å². The van der Waals surface area contributed by atoms with Crippen LogP contribution >= 0.6 is 11.6 Å². The van der Waals surface area contributed by atoms with Crippen LogP contribution in [-0.4, -0.2) is 23.9 Å². The van der Waals surface area contributed by atoms with Crippen LogP contribution in [0.25, 0.3) is 0 Å². The number of hydrogen-bond donors (Lipinski definition) is 1. The van der Waals surface area contributed by atoms with Crippen LogP contribution in [0, 0.1) is 5.82 Å². The summed E-state index contributed by atoms with van der Waals surface area (Å²) < 4.78 is 24.3. The van der Waals surface area contributed by atoms with Gasteiger partial charge in [0.2, 0.25) is 5.78 Å². The number of benzene rings is 2. The molecule has 1 amide bonds. The molecule has 1 aliphatic rings. The highest BCUT2D eigenvalue weighted by atomic mass is 35.5. The van der Waals surface area contributed by atoms with Crippen molar-refractivity contribution in [3.05, 3.63) is 94.4 Å². The van der Waals surface area contributed by atoms with Crippen molar-refractivity contribution in [2.75, 3.05) is 12.0 Å². The predicted octanol–water partition coefficient (Wildman–Crippen LogP) is 4.86. The molecule has 0 saturated carbocycles. The van der Waals surface area contributed by atoms with Crippen LogP contribution in [0.1, 0.15) is 22.2 Å². The molecule has 0 saturated heterocycles. The van der Waals surface area contributed by atoms with Gasteiger partial charge in [-0.3, -0.25) is 14.5 Å². The van der Waals surface area contributed by atoms with Crippen LogP contribution in [0.15, 0.2) is 76.6 Å². The first-order valence-electron chi connectivity index (χ1n) is 8.87. The zero-order valence-corrected chi connectivity index (χ0v) is 16.4. The summed E-state index contributed by atoms with van der Waals surface area (Å²) in [6, 6.07) is 12.4. The average Bonchev–Trinajstić information content (AvgIpc) is 3.37. The Morgan fingerprint density at radius 2 is 1.97 bits per heavy atom. The molecule has 1 unspecified atom stereocenters. The van der Waals surface area contributed by atoms with E-state index in [0.717, 1.165) is 6.07 Å². The number of furan rings is 1. The van der Waals surface area contributed by atoms with Gasteiger partial charge >= 0.3 is 0 Å². The number of hydrogen-bond acceptors (Lipinski definition) is 5. The van der Waals surface area contributed by atoms with Gasteiger partial charge in [-0.2, -0.15) is 0 Å². The molecule has 1 atom stereocenters. The number of amides is 1. The van der Waals surface area contributed by atoms with Gasteiger partial charge in [0, 0.05) is 11.3 Å². The minimum Gasteiger partial charge on any atom is -0.503 e. The van der Waals surface area contributed by atoms with E-state index < -0.39 is 29.3 Å². The molecule has 1 N–H and O–H groups in total. The van der Waals surface area contributed by atoms with Crippen LogP contribution in [0.4, 0.5) is 10.1 Å². The highest BCUT2D eigenvalue weighted by molar-refractivity contribution is 6.31. The molecule has 0 bridgehead atoms. The van der Waals surface area contributed by atoms with Crippen molar-refractivity contribution < 1.29 is 28.2 Å². The van der Waals surface area contributed by atoms with Crippen molar-refractivity contribution in [3.63, 3.8) is 0 Å². The van der Waals surface area contributed by atoms with E-state index >= 15 is 0 Å². The highest BCUT2D eigenvalue weighted by Gasteiger charge is 2.46. The Labute approximate surface area is 175 Å². The third-order valence-electron chi connectivity index (χ3n) is 4.81. The minimum atomic E-state index is -1.05. The summed E-state index contributed by atoms with van der Waals surface area (Å²) in [4.78, 5) is 27.3. The van der Waals surface area contributed by atoms with Gasteiger partial charge in [-0.1, -0.05) is 29.8 Å². The van der Waals surface area contributed by atoms with Crippen LogP contribution in [-0.2, 0) is 4.79 Å². The third kappa shape index (κ3) is 3.13. The molecule has 152 valence electrons. The topological polar surface area (TPSA) is 80.0 Å². The number of aliphatic hydroxyl groups excluding tert-OH is 1. The maximum absolute atomic E-state index is 13.7. The molecule has 2 aromatic carbocycles. The van der Waals surface area contributed by atoms with E-state index in [0.29, 0.717) is 11.3 Å². The first kappa shape index (κ1) is 19.7. The Morgan fingerprint density at radius 3 is 2.63 bits per heavy atom. The van der Waals surface area contributed by atoms with Crippen LogP contribution in [0.3, 0.4) is 0 Å². The second-order valence-corrected chi connectivity index (χ2v) is 6.89. The van der Waals surface area contributed by atoms with Crippen molar-refractivity contribution >= 4 is 29.0 Å². The lowest BCUT2D eigenvalue weighted by molar-refractivity contribution is -0.117. The van der Waals surface area contributed by atoms with E-state index in [1.807, 2.05) is 0 Å². The molecule has 6 nitrogen and oxygen atoms in total. The second-order valence-electron chi connectivity index (χ2n) is 6.49. The van der Waals surface area contributed by atoms with Crippen LogP contribution in [0.5, 0.6) is 5.75 Å². The van der Waals surface area contributed by atoms with E-state index in [9.17, 15) is 19.1 Å². The number of nitrogens with zero attached hydrogens (tertiary/aromatic N) is 1. The molecule has 0 radical (unpaired) electrons. The number of aliphatic hydroxyl groups is 1. The predicted molar refractivity (Wildman–Crippen MR) is 107 cm³/mol. The highest BCUT2D eigenvalue weighted by Crippen LogP contribution is 2.45. The molecule has 1 aliphatic heterocycles. The van der Waals surface area contributed by atoms with Crippen LogP contribution in [0.2, 0.25) is 5.02 Å².